The maximum atomic E-state index is 14.2. The fourth-order valence-electron chi connectivity index (χ4n) is 4.40. The molecule has 32 heavy (non-hydrogen) atoms. The normalized spacial score (nSPS) is 15.5. The van der Waals surface area contributed by atoms with Crippen LogP contribution in [0, 0.1) is 11.6 Å². The highest BCUT2D eigenvalue weighted by Gasteiger charge is 2.35. The molecule has 2 heterocycles. The highest BCUT2D eigenvalue weighted by atomic mass is 19.1. The molecule has 1 atom stereocenters. The Morgan fingerprint density at radius 1 is 1.09 bits per heavy atom. The number of halogens is 2. The minimum atomic E-state index is -0.694. The first-order valence-electron chi connectivity index (χ1n) is 10.3. The Bertz CT molecular complexity index is 1320. The van der Waals surface area contributed by atoms with E-state index in [-0.39, 0.29) is 5.69 Å². The molecule has 0 saturated heterocycles. The van der Waals surface area contributed by atoms with Crippen molar-refractivity contribution in [1.29, 1.82) is 0 Å². The van der Waals surface area contributed by atoms with Gasteiger partial charge in [-0.3, -0.25) is 0 Å². The number of rotatable bonds is 3. The van der Waals surface area contributed by atoms with Gasteiger partial charge in [0.25, 0.3) is 0 Å². The van der Waals surface area contributed by atoms with Crippen LogP contribution in [0.5, 0.6) is 5.75 Å². The molecule has 0 fully saturated rings. The van der Waals surface area contributed by atoms with Gasteiger partial charge in [0.2, 0.25) is 0 Å². The van der Waals surface area contributed by atoms with Crippen LogP contribution in [0.25, 0.3) is 10.9 Å². The van der Waals surface area contributed by atoms with Crippen molar-refractivity contribution in [2.75, 3.05) is 19.0 Å². The number of urea groups is 1. The van der Waals surface area contributed by atoms with Crippen LogP contribution >= 0.6 is 0 Å². The SMILES string of the molecule is COc1cccc(C2c3[nH]c4ccccc4c3CCN2C(=O)Nc2cc(F)ccc2F)c1. The number of carbonyl (C=O) groups is 1. The molecule has 2 N–H and O–H groups in total. The van der Waals surface area contributed by atoms with Crippen molar-refractivity contribution in [3.8, 4) is 5.75 Å². The Labute approximate surface area is 183 Å². The summed E-state index contributed by atoms with van der Waals surface area (Å²) in [7, 11) is 1.59. The summed E-state index contributed by atoms with van der Waals surface area (Å²) in [5.41, 5.74) is 3.70. The van der Waals surface area contributed by atoms with Crippen molar-refractivity contribution in [1.82, 2.24) is 9.88 Å². The Hall–Kier alpha value is -3.87. The first-order valence-corrected chi connectivity index (χ1v) is 10.3. The van der Waals surface area contributed by atoms with Gasteiger partial charge in [-0.2, -0.15) is 0 Å². The van der Waals surface area contributed by atoms with Crippen LogP contribution in [-0.2, 0) is 6.42 Å². The quantitative estimate of drug-likeness (QED) is 0.440. The van der Waals surface area contributed by atoms with Crippen LogP contribution in [0.1, 0.15) is 22.9 Å². The maximum absolute atomic E-state index is 14.2. The second-order valence-corrected chi connectivity index (χ2v) is 7.74. The van der Waals surface area contributed by atoms with Gasteiger partial charge in [0.15, 0.2) is 0 Å². The molecule has 1 aromatic heterocycles. The third-order valence-corrected chi connectivity index (χ3v) is 5.87. The number of methoxy groups -OCH3 is 1. The molecule has 1 unspecified atom stereocenters. The second-order valence-electron chi connectivity index (χ2n) is 7.74. The molecule has 7 heteroatoms. The highest BCUT2D eigenvalue weighted by molar-refractivity contribution is 5.91. The van der Waals surface area contributed by atoms with Crippen molar-refractivity contribution in [3.63, 3.8) is 0 Å². The van der Waals surface area contributed by atoms with E-state index in [9.17, 15) is 13.6 Å². The number of ether oxygens (including phenoxy) is 1. The summed E-state index contributed by atoms with van der Waals surface area (Å²) < 4.78 is 33.2. The van der Waals surface area contributed by atoms with Crippen LogP contribution in [0.4, 0.5) is 19.3 Å². The summed E-state index contributed by atoms with van der Waals surface area (Å²) >= 11 is 0. The molecular formula is C25H21F2N3O2. The fourth-order valence-corrected chi connectivity index (χ4v) is 4.40. The molecule has 0 saturated carbocycles. The van der Waals surface area contributed by atoms with E-state index in [1.807, 2.05) is 42.5 Å². The average Bonchev–Trinajstić information content (AvgIpc) is 3.19. The molecule has 162 valence electrons. The van der Waals surface area contributed by atoms with Gasteiger partial charge in [-0.05, 0) is 47.9 Å². The average molecular weight is 433 g/mol. The van der Waals surface area contributed by atoms with E-state index in [0.717, 1.165) is 45.9 Å². The molecule has 0 radical (unpaired) electrons. The van der Waals surface area contributed by atoms with E-state index >= 15 is 0 Å². The minimum absolute atomic E-state index is 0.193. The molecule has 1 aliphatic heterocycles. The summed E-state index contributed by atoms with van der Waals surface area (Å²) in [4.78, 5) is 18.4. The highest BCUT2D eigenvalue weighted by Crippen LogP contribution is 2.39. The number of fused-ring (bicyclic) bond motifs is 3. The Morgan fingerprint density at radius 2 is 1.94 bits per heavy atom. The maximum Gasteiger partial charge on any atom is 0.322 e. The lowest BCUT2D eigenvalue weighted by Crippen LogP contribution is -2.43. The summed E-state index contributed by atoms with van der Waals surface area (Å²) in [6, 6.07) is 17.6. The number of anilines is 1. The lowest BCUT2D eigenvalue weighted by atomic mass is 9.92. The van der Waals surface area contributed by atoms with Crippen LogP contribution in [0.2, 0.25) is 0 Å². The summed E-state index contributed by atoms with van der Waals surface area (Å²) in [6.07, 6.45) is 0.638. The summed E-state index contributed by atoms with van der Waals surface area (Å²) in [6.45, 7) is 0.416. The van der Waals surface area contributed by atoms with Gasteiger partial charge in [-0.1, -0.05) is 30.3 Å². The van der Waals surface area contributed by atoms with E-state index in [4.69, 9.17) is 4.74 Å². The van der Waals surface area contributed by atoms with Crippen molar-refractivity contribution >= 4 is 22.6 Å². The third-order valence-electron chi connectivity index (χ3n) is 5.87. The molecule has 3 aromatic carbocycles. The zero-order chi connectivity index (χ0) is 22.2. The molecule has 0 bridgehead atoms. The van der Waals surface area contributed by atoms with E-state index in [2.05, 4.69) is 16.4 Å². The predicted molar refractivity (Wildman–Crippen MR) is 119 cm³/mol. The number of hydrogen-bond donors (Lipinski definition) is 2. The number of aromatic nitrogens is 1. The van der Waals surface area contributed by atoms with Gasteiger partial charge in [0.1, 0.15) is 17.4 Å². The van der Waals surface area contributed by atoms with Gasteiger partial charge in [-0.25, -0.2) is 13.6 Å². The Morgan fingerprint density at radius 3 is 2.78 bits per heavy atom. The number of H-pyrrole nitrogens is 1. The summed E-state index contributed by atoms with van der Waals surface area (Å²) in [5, 5.41) is 3.66. The number of aromatic amines is 1. The molecule has 0 aliphatic carbocycles. The first kappa shape index (κ1) is 20.1. The number of nitrogens with one attached hydrogen (secondary N) is 2. The van der Waals surface area contributed by atoms with Crippen molar-refractivity contribution < 1.29 is 18.3 Å². The molecule has 2 amide bonds. The van der Waals surface area contributed by atoms with Gasteiger partial charge in [0.05, 0.1) is 18.8 Å². The monoisotopic (exact) mass is 433 g/mol. The molecule has 4 aromatic rings. The number of nitrogens with zero attached hydrogens (tertiary/aromatic N) is 1. The molecular weight excluding hydrogens is 412 g/mol. The number of para-hydroxylation sites is 1. The molecule has 5 rings (SSSR count). The Balaban J connectivity index is 1.59. The second kappa shape index (κ2) is 8.00. The smallest absolute Gasteiger partial charge is 0.322 e. The number of amides is 2. The van der Waals surface area contributed by atoms with Crippen LogP contribution in [0.15, 0.2) is 66.7 Å². The van der Waals surface area contributed by atoms with E-state index in [1.54, 1.807) is 12.0 Å². The number of benzene rings is 3. The van der Waals surface area contributed by atoms with Crippen molar-refractivity contribution in [2.45, 2.75) is 12.5 Å². The lowest BCUT2D eigenvalue weighted by molar-refractivity contribution is 0.193. The van der Waals surface area contributed by atoms with Crippen molar-refractivity contribution in [3.05, 3.63) is 95.2 Å². The van der Waals surface area contributed by atoms with Crippen LogP contribution in [0.3, 0.4) is 0 Å². The lowest BCUT2D eigenvalue weighted by Gasteiger charge is -2.36. The van der Waals surface area contributed by atoms with Crippen LogP contribution < -0.4 is 10.1 Å². The molecule has 1 aliphatic rings. The summed E-state index contributed by atoms with van der Waals surface area (Å²) in [5.74, 6) is -0.647. The standard InChI is InChI=1S/C25H21F2N3O2/c1-32-17-6-4-5-15(13-17)24-23-19(18-7-2-3-8-21(18)28-23)11-12-30(24)25(31)29-22-14-16(26)9-10-20(22)27/h2-10,13-14,24,28H,11-12H2,1H3,(H,29,31). The zero-order valence-corrected chi connectivity index (χ0v) is 17.4. The number of hydrogen-bond acceptors (Lipinski definition) is 2. The zero-order valence-electron chi connectivity index (χ0n) is 17.4. The van der Waals surface area contributed by atoms with Crippen LogP contribution in [-0.4, -0.2) is 29.6 Å². The van der Waals surface area contributed by atoms with Gasteiger partial charge < -0.3 is 19.9 Å². The first-order chi connectivity index (χ1) is 15.5. The van der Waals surface area contributed by atoms with Gasteiger partial charge in [0, 0.05) is 29.2 Å². The van der Waals surface area contributed by atoms with Gasteiger partial charge in [-0.15, -0.1) is 0 Å². The van der Waals surface area contributed by atoms with Gasteiger partial charge >= 0.3 is 6.03 Å². The molecule has 0 spiro atoms. The minimum Gasteiger partial charge on any atom is -0.497 e. The third kappa shape index (κ3) is 3.45. The Kier molecular flexibility index (Phi) is 5.01. The largest absolute Gasteiger partial charge is 0.497 e. The van der Waals surface area contributed by atoms with E-state index < -0.39 is 23.7 Å². The topological polar surface area (TPSA) is 57.4 Å². The predicted octanol–water partition coefficient (Wildman–Crippen LogP) is 5.63. The van der Waals surface area contributed by atoms with E-state index in [0.29, 0.717) is 18.7 Å². The fraction of sp³-hybridized carbons (Fsp3) is 0.160. The van der Waals surface area contributed by atoms with Crippen molar-refractivity contribution in [2.24, 2.45) is 0 Å². The molecule has 5 nitrogen and oxygen atoms in total. The number of carbonyl (C=O) groups excluding carboxylic acids is 1. The van der Waals surface area contributed by atoms with E-state index in [1.165, 1.54) is 0 Å².